The molecule has 2 rings (SSSR count). The van der Waals surface area contributed by atoms with Crippen LogP contribution in [0, 0.1) is 5.92 Å². The standard InChI is InChI=1S/C16H23NO4S/c1-3-17(11-13-9-10-21-12-13)16(18)14-7-5-6-8-15(14)22(19,20)4-2/h5-8,13H,3-4,9-12H2,1-2H3. The van der Waals surface area contributed by atoms with E-state index in [1.807, 2.05) is 6.92 Å². The predicted molar refractivity (Wildman–Crippen MR) is 84.7 cm³/mol. The molecule has 1 atom stereocenters. The topological polar surface area (TPSA) is 63.7 Å². The van der Waals surface area contributed by atoms with Crippen molar-refractivity contribution in [3.8, 4) is 0 Å². The Labute approximate surface area is 132 Å². The van der Waals surface area contributed by atoms with Crippen molar-refractivity contribution in [2.45, 2.75) is 25.2 Å². The molecule has 5 nitrogen and oxygen atoms in total. The van der Waals surface area contributed by atoms with Crippen molar-refractivity contribution < 1.29 is 17.9 Å². The molecule has 0 saturated carbocycles. The molecule has 0 radical (unpaired) electrons. The summed E-state index contributed by atoms with van der Waals surface area (Å²) in [5.41, 5.74) is 0.269. The number of nitrogens with zero attached hydrogens (tertiary/aromatic N) is 1. The summed E-state index contributed by atoms with van der Waals surface area (Å²) in [5, 5.41) is 0. The van der Waals surface area contributed by atoms with Crippen molar-refractivity contribution in [3.05, 3.63) is 29.8 Å². The van der Waals surface area contributed by atoms with E-state index >= 15 is 0 Å². The molecule has 122 valence electrons. The average molecular weight is 325 g/mol. The zero-order valence-electron chi connectivity index (χ0n) is 13.1. The first-order chi connectivity index (χ1) is 10.5. The van der Waals surface area contributed by atoms with Gasteiger partial charge in [-0.3, -0.25) is 4.79 Å². The Bertz CT molecular complexity index is 621. The van der Waals surface area contributed by atoms with Gasteiger partial charge in [0.05, 0.1) is 22.8 Å². The van der Waals surface area contributed by atoms with Gasteiger partial charge in [-0.15, -0.1) is 0 Å². The van der Waals surface area contributed by atoms with Crippen molar-refractivity contribution in [2.24, 2.45) is 5.92 Å². The van der Waals surface area contributed by atoms with E-state index in [1.165, 1.54) is 6.07 Å². The normalized spacial score (nSPS) is 18.4. The van der Waals surface area contributed by atoms with E-state index in [0.717, 1.165) is 13.0 Å². The van der Waals surface area contributed by atoms with E-state index in [-0.39, 0.29) is 22.1 Å². The smallest absolute Gasteiger partial charge is 0.255 e. The molecular weight excluding hydrogens is 302 g/mol. The molecule has 22 heavy (non-hydrogen) atoms. The fourth-order valence-corrected chi connectivity index (χ4v) is 3.72. The van der Waals surface area contributed by atoms with Gasteiger partial charge >= 0.3 is 0 Å². The largest absolute Gasteiger partial charge is 0.381 e. The third kappa shape index (κ3) is 3.67. The van der Waals surface area contributed by atoms with Crippen LogP contribution in [0.1, 0.15) is 30.6 Å². The van der Waals surface area contributed by atoms with E-state index in [2.05, 4.69) is 0 Å². The van der Waals surface area contributed by atoms with Crippen LogP contribution in [-0.2, 0) is 14.6 Å². The van der Waals surface area contributed by atoms with Crippen LogP contribution in [0.4, 0.5) is 0 Å². The van der Waals surface area contributed by atoms with E-state index < -0.39 is 9.84 Å². The highest BCUT2D eigenvalue weighted by molar-refractivity contribution is 7.91. The van der Waals surface area contributed by atoms with Gasteiger partial charge in [0.1, 0.15) is 0 Å². The predicted octanol–water partition coefficient (Wildman–Crippen LogP) is 1.98. The second-order valence-corrected chi connectivity index (χ2v) is 7.72. The van der Waals surface area contributed by atoms with Crippen molar-refractivity contribution in [2.75, 3.05) is 32.1 Å². The molecule has 0 spiro atoms. The monoisotopic (exact) mass is 325 g/mol. The molecule has 1 amide bonds. The Morgan fingerprint density at radius 1 is 1.32 bits per heavy atom. The van der Waals surface area contributed by atoms with Crippen LogP contribution in [0.5, 0.6) is 0 Å². The maximum absolute atomic E-state index is 12.8. The van der Waals surface area contributed by atoms with Crippen LogP contribution in [0.3, 0.4) is 0 Å². The Hall–Kier alpha value is -1.40. The number of amides is 1. The second kappa shape index (κ2) is 7.24. The maximum Gasteiger partial charge on any atom is 0.255 e. The van der Waals surface area contributed by atoms with Gasteiger partial charge < -0.3 is 9.64 Å². The molecule has 0 aliphatic carbocycles. The third-order valence-corrected chi connectivity index (χ3v) is 5.79. The lowest BCUT2D eigenvalue weighted by Gasteiger charge is -2.24. The number of rotatable bonds is 6. The second-order valence-electron chi connectivity index (χ2n) is 5.47. The van der Waals surface area contributed by atoms with Gasteiger partial charge in [0.15, 0.2) is 9.84 Å². The minimum Gasteiger partial charge on any atom is -0.381 e. The minimum absolute atomic E-state index is 0.0140. The Morgan fingerprint density at radius 2 is 2.05 bits per heavy atom. The number of sulfone groups is 1. The number of benzene rings is 1. The Kier molecular flexibility index (Phi) is 5.58. The Morgan fingerprint density at radius 3 is 2.64 bits per heavy atom. The van der Waals surface area contributed by atoms with Crippen molar-refractivity contribution in [1.29, 1.82) is 0 Å². The lowest BCUT2D eigenvalue weighted by molar-refractivity contribution is 0.0727. The van der Waals surface area contributed by atoms with Gasteiger partial charge in [0.2, 0.25) is 0 Å². The number of carbonyl (C=O) groups excluding carboxylic acids is 1. The molecule has 1 saturated heterocycles. The summed E-state index contributed by atoms with van der Waals surface area (Å²) in [4.78, 5) is 14.6. The molecule has 1 aliphatic heterocycles. The van der Waals surface area contributed by atoms with Crippen LogP contribution in [0.25, 0.3) is 0 Å². The van der Waals surface area contributed by atoms with Gasteiger partial charge in [-0.1, -0.05) is 19.1 Å². The number of hydrogen-bond donors (Lipinski definition) is 0. The third-order valence-electron chi connectivity index (χ3n) is 4.00. The van der Waals surface area contributed by atoms with Crippen LogP contribution >= 0.6 is 0 Å². The van der Waals surface area contributed by atoms with Crippen LogP contribution in [-0.4, -0.2) is 51.3 Å². The fraction of sp³-hybridized carbons (Fsp3) is 0.562. The van der Waals surface area contributed by atoms with E-state index in [1.54, 1.807) is 30.0 Å². The maximum atomic E-state index is 12.8. The van der Waals surface area contributed by atoms with Gasteiger partial charge in [0.25, 0.3) is 5.91 Å². The summed E-state index contributed by atoms with van der Waals surface area (Å²) in [5.74, 6) is 0.0979. The van der Waals surface area contributed by atoms with E-state index in [4.69, 9.17) is 4.74 Å². The van der Waals surface area contributed by atoms with Gasteiger partial charge in [0, 0.05) is 25.6 Å². The molecular formula is C16H23NO4S. The fourth-order valence-electron chi connectivity index (χ4n) is 2.63. The van der Waals surface area contributed by atoms with Crippen LogP contribution in [0.2, 0.25) is 0 Å². The molecule has 0 aromatic heterocycles. The molecule has 0 N–H and O–H groups in total. The minimum atomic E-state index is -3.42. The first kappa shape index (κ1) is 17.0. The molecule has 0 bridgehead atoms. The van der Waals surface area contributed by atoms with E-state index in [9.17, 15) is 13.2 Å². The van der Waals surface area contributed by atoms with Gasteiger partial charge in [-0.2, -0.15) is 0 Å². The number of ether oxygens (including phenoxy) is 1. The zero-order chi connectivity index (χ0) is 16.2. The highest BCUT2D eigenvalue weighted by Gasteiger charge is 2.26. The summed E-state index contributed by atoms with van der Waals surface area (Å²) in [7, 11) is -3.42. The highest BCUT2D eigenvalue weighted by atomic mass is 32.2. The Balaban J connectivity index is 2.27. The lowest BCUT2D eigenvalue weighted by Crippen LogP contribution is -2.36. The van der Waals surface area contributed by atoms with Crippen LogP contribution < -0.4 is 0 Å². The summed E-state index contributed by atoms with van der Waals surface area (Å²) < 4.78 is 29.7. The first-order valence-electron chi connectivity index (χ1n) is 7.68. The SMILES string of the molecule is CCN(CC1CCOC1)C(=O)c1ccccc1S(=O)(=O)CC. The summed E-state index contributed by atoms with van der Waals surface area (Å²) in [6.07, 6.45) is 0.943. The lowest BCUT2D eigenvalue weighted by atomic mass is 10.1. The zero-order valence-corrected chi connectivity index (χ0v) is 13.9. The molecule has 1 aromatic carbocycles. The quantitative estimate of drug-likeness (QED) is 0.802. The summed E-state index contributed by atoms with van der Waals surface area (Å²) in [6.45, 7) is 6.05. The highest BCUT2D eigenvalue weighted by Crippen LogP contribution is 2.21. The van der Waals surface area contributed by atoms with Gasteiger partial charge in [-0.05, 0) is 25.5 Å². The number of carbonyl (C=O) groups is 1. The summed E-state index contributed by atoms with van der Waals surface area (Å²) in [6, 6.07) is 6.46. The molecule has 1 aromatic rings. The molecule has 6 heteroatoms. The molecule has 1 aliphatic rings. The van der Waals surface area contributed by atoms with E-state index in [0.29, 0.717) is 25.6 Å². The molecule has 1 unspecified atom stereocenters. The van der Waals surface area contributed by atoms with Crippen LogP contribution in [0.15, 0.2) is 29.2 Å². The summed E-state index contributed by atoms with van der Waals surface area (Å²) >= 11 is 0. The van der Waals surface area contributed by atoms with Crippen molar-refractivity contribution in [1.82, 2.24) is 4.90 Å². The van der Waals surface area contributed by atoms with Crippen molar-refractivity contribution in [3.63, 3.8) is 0 Å². The average Bonchev–Trinajstić information content (AvgIpc) is 3.05. The number of hydrogen-bond acceptors (Lipinski definition) is 4. The van der Waals surface area contributed by atoms with Gasteiger partial charge in [-0.25, -0.2) is 8.42 Å². The first-order valence-corrected chi connectivity index (χ1v) is 9.33. The molecule has 1 fully saturated rings. The van der Waals surface area contributed by atoms with Crippen molar-refractivity contribution >= 4 is 15.7 Å². The molecule has 1 heterocycles.